The van der Waals surface area contributed by atoms with E-state index in [1.54, 1.807) is 6.07 Å². The van der Waals surface area contributed by atoms with Gasteiger partial charge in [0.25, 0.3) is 0 Å². The Morgan fingerprint density at radius 2 is 2.06 bits per heavy atom. The van der Waals surface area contributed by atoms with Crippen molar-refractivity contribution in [2.45, 2.75) is 12.2 Å². The van der Waals surface area contributed by atoms with Gasteiger partial charge in [-0.1, -0.05) is 0 Å². The molecule has 1 atom stereocenters. The second-order valence-corrected chi connectivity index (χ2v) is 6.77. The average molecular weight is 383 g/mol. The fraction of sp³-hybridized carbons (Fsp3) is 0.500. The van der Waals surface area contributed by atoms with Crippen LogP contribution in [-0.4, -0.2) is 19.4 Å². The first-order valence-electron chi connectivity index (χ1n) is 4.14. The van der Waals surface area contributed by atoms with Crippen molar-refractivity contribution in [2.24, 2.45) is 5.73 Å². The molecule has 1 aromatic heterocycles. The highest BCUT2D eigenvalue weighted by atomic mass is 79.9. The maximum Gasteiger partial charge on any atom is 0.411 e. The number of halogens is 5. The van der Waals surface area contributed by atoms with E-state index in [4.69, 9.17) is 5.73 Å². The lowest BCUT2D eigenvalue weighted by atomic mass is 10.2. The van der Waals surface area contributed by atoms with Gasteiger partial charge >= 0.3 is 6.18 Å². The highest BCUT2D eigenvalue weighted by molar-refractivity contribution is 9.12. The van der Waals surface area contributed by atoms with Crippen LogP contribution in [0.2, 0.25) is 0 Å². The Kier molecular flexibility index (Phi) is 5.24. The Labute approximate surface area is 111 Å². The molecule has 1 unspecified atom stereocenters. The summed E-state index contributed by atoms with van der Waals surface area (Å²) in [5, 5.41) is 0. The molecule has 0 aliphatic carbocycles. The number of alkyl halides is 3. The largest absolute Gasteiger partial charge is 0.411 e. The van der Waals surface area contributed by atoms with Gasteiger partial charge in [-0.2, -0.15) is 13.2 Å². The van der Waals surface area contributed by atoms with E-state index >= 15 is 0 Å². The molecule has 0 saturated carbocycles. The zero-order valence-electron chi connectivity index (χ0n) is 7.85. The van der Waals surface area contributed by atoms with Crippen molar-refractivity contribution in [3.8, 4) is 0 Å². The number of hydrogen-bond acceptors (Lipinski definition) is 3. The quantitative estimate of drug-likeness (QED) is 0.858. The van der Waals surface area contributed by atoms with Crippen molar-refractivity contribution in [3.05, 3.63) is 19.2 Å². The first-order chi connectivity index (χ1) is 7.29. The van der Waals surface area contributed by atoms with Crippen LogP contribution in [0.25, 0.3) is 0 Å². The fourth-order valence-corrected chi connectivity index (χ4v) is 4.00. The first-order valence-corrected chi connectivity index (χ1v) is 6.54. The lowest BCUT2D eigenvalue weighted by molar-refractivity contribution is -0.174. The monoisotopic (exact) mass is 381 g/mol. The summed E-state index contributed by atoms with van der Waals surface area (Å²) < 4.78 is 41.6. The molecule has 0 bridgehead atoms. The summed E-state index contributed by atoms with van der Waals surface area (Å²) in [7, 11) is 0. The van der Waals surface area contributed by atoms with Gasteiger partial charge in [0.1, 0.15) is 6.61 Å². The topological polar surface area (TPSA) is 35.2 Å². The van der Waals surface area contributed by atoms with E-state index in [-0.39, 0.29) is 6.61 Å². The number of rotatable bonds is 4. The lowest BCUT2D eigenvalue weighted by Gasteiger charge is -2.12. The third kappa shape index (κ3) is 4.70. The highest BCUT2D eigenvalue weighted by Crippen LogP contribution is 2.34. The van der Waals surface area contributed by atoms with Crippen molar-refractivity contribution in [1.29, 1.82) is 0 Å². The summed E-state index contributed by atoms with van der Waals surface area (Å²) in [5.41, 5.74) is 6.44. The third-order valence-corrected chi connectivity index (χ3v) is 4.03. The second kappa shape index (κ2) is 5.81. The zero-order valence-corrected chi connectivity index (χ0v) is 11.8. The SMILES string of the molecule is NC(COCC(F)(F)F)c1cc(Br)sc1Br. The van der Waals surface area contributed by atoms with Crippen molar-refractivity contribution in [2.75, 3.05) is 13.2 Å². The van der Waals surface area contributed by atoms with E-state index in [2.05, 4.69) is 36.6 Å². The Morgan fingerprint density at radius 1 is 1.44 bits per heavy atom. The van der Waals surface area contributed by atoms with Gasteiger partial charge in [0.2, 0.25) is 0 Å². The molecule has 0 spiro atoms. The zero-order chi connectivity index (χ0) is 12.3. The molecule has 0 aliphatic heterocycles. The van der Waals surface area contributed by atoms with Gasteiger partial charge < -0.3 is 10.5 Å². The smallest absolute Gasteiger partial charge is 0.370 e. The van der Waals surface area contributed by atoms with Gasteiger partial charge in [0.05, 0.1) is 20.2 Å². The van der Waals surface area contributed by atoms with Gasteiger partial charge in [-0.3, -0.25) is 0 Å². The van der Waals surface area contributed by atoms with Gasteiger partial charge in [-0.15, -0.1) is 11.3 Å². The van der Waals surface area contributed by atoms with Crippen LogP contribution >= 0.6 is 43.2 Å². The summed E-state index contributed by atoms with van der Waals surface area (Å²) in [6.45, 7) is -1.44. The predicted octanol–water partition coefficient (Wildman–Crippen LogP) is 3.85. The molecule has 1 aromatic rings. The van der Waals surface area contributed by atoms with E-state index in [1.165, 1.54) is 11.3 Å². The van der Waals surface area contributed by atoms with Crippen LogP contribution in [0.3, 0.4) is 0 Å². The van der Waals surface area contributed by atoms with Gasteiger partial charge in [0.15, 0.2) is 0 Å². The highest BCUT2D eigenvalue weighted by Gasteiger charge is 2.28. The third-order valence-electron chi connectivity index (χ3n) is 1.65. The van der Waals surface area contributed by atoms with E-state index in [9.17, 15) is 13.2 Å². The van der Waals surface area contributed by atoms with Crippen LogP contribution in [0, 0.1) is 0 Å². The maximum atomic E-state index is 11.8. The lowest BCUT2D eigenvalue weighted by Crippen LogP contribution is -2.23. The molecule has 1 rings (SSSR count). The van der Waals surface area contributed by atoms with E-state index in [1.807, 2.05) is 0 Å². The minimum Gasteiger partial charge on any atom is -0.370 e. The van der Waals surface area contributed by atoms with Crippen LogP contribution in [0.15, 0.2) is 13.6 Å². The first kappa shape index (κ1) is 14.4. The van der Waals surface area contributed by atoms with E-state index in [0.717, 1.165) is 13.1 Å². The molecule has 16 heavy (non-hydrogen) atoms. The molecule has 2 N–H and O–H groups in total. The Morgan fingerprint density at radius 3 is 2.50 bits per heavy atom. The van der Waals surface area contributed by atoms with Gasteiger partial charge in [0, 0.05) is 0 Å². The molecule has 8 heteroatoms. The van der Waals surface area contributed by atoms with E-state index < -0.39 is 18.8 Å². The normalized spacial score (nSPS) is 14.1. The molecule has 0 amide bonds. The summed E-state index contributed by atoms with van der Waals surface area (Å²) in [6.07, 6.45) is -4.31. The number of hydrogen-bond donors (Lipinski definition) is 1. The summed E-state index contributed by atoms with van der Waals surface area (Å²) >= 11 is 7.96. The molecule has 0 aliphatic rings. The van der Waals surface area contributed by atoms with Crippen molar-refractivity contribution < 1.29 is 17.9 Å². The van der Waals surface area contributed by atoms with Gasteiger partial charge in [-0.05, 0) is 43.5 Å². The summed E-state index contributed by atoms with van der Waals surface area (Å²) in [4.78, 5) is 0. The molecule has 0 radical (unpaired) electrons. The molecule has 0 saturated heterocycles. The van der Waals surface area contributed by atoms with Crippen LogP contribution in [0.5, 0.6) is 0 Å². The molecule has 0 aromatic carbocycles. The Balaban J connectivity index is 2.47. The molecule has 92 valence electrons. The summed E-state index contributed by atoms with van der Waals surface area (Å²) in [6, 6.07) is 1.19. The van der Waals surface area contributed by atoms with Crippen LogP contribution < -0.4 is 5.73 Å². The van der Waals surface area contributed by atoms with Crippen LogP contribution in [0.1, 0.15) is 11.6 Å². The Bertz CT molecular complexity index is 356. The van der Waals surface area contributed by atoms with Crippen molar-refractivity contribution in [1.82, 2.24) is 0 Å². The number of thiophene rings is 1. The number of ether oxygens (including phenoxy) is 1. The number of nitrogens with two attached hydrogens (primary N) is 1. The fourth-order valence-electron chi connectivity index (χ4n) is 0.997. The standard InChI is InChI=1S/C8H8Br2F3NOS/c9-6-1-4(7(10)16-6)5(14)2-15-3-8(11,12)13/h1,5H,2-3,14H2. The van der Waals surface area contributed by atoms with Crippen LogP contribution in [-0.2, 0) is 4.74 Å². The minimum absolute atomic E-state index is 0.165. The summed E-state index contributed by atoms with van der Waals surface area (Å²) in [5.74, 6) is 0. The maximum absolute atomic E-state index is 11.8. The van der Waals surface area contributed by atoms with Gasteiger partial charge in [-0.25, -0.2) is 0 Å². The van der Waals surface area contributed by atoms with Crippen molar-refractivity contribution in [3.63, 3.8) is 0 Å². The Hall–Kier alpha value is 0.370. The molecular weight excluding hydrogens is 375 g/mol. The average Bonchev–Trinajstić information content (AvgIpc) is 2.43. The van der Waals surface area contributed by atoms with Crippen LogP contribution in [0.4, 0.5) is 13.2 Å². The predicted molar refractivity (Wildman–Crippen MR) is 63.5 cm³/mol. The molecule has 0 fully saturated rings. The van der Waals surface area contributed by atoms with Crippen molar-refractivity contribution >= 4 is 43.2 Å². The van der Waals surface area contributed by atoms with E-state index in [0.29, 0.717) is 0 Å². The minimum atomic E-state index is -4.31. The molecule has 2 nitrogen and oxygen atoms in total. The molecular formula is C8H8Br2F3NOS. The second-order valence-electron chi connectivity index (χ2n) is 3.02. The molecule has 1 heterocycles.